The molecule has 1 aromatic rings. The zero-order valence-corrected chi connectivity index (χ0v) is 12.2. The third kappa shape index (κ3) is 4.30. The molecule has 1 fully saturated rings. The lowest BCUT2D eigenvalue weighted by molar-refractivity contribution is -0.0550. The Balaban J connectivity index is 1.84. The van der Waals surface area contributed by atoms with Gasteiger partial charge < -0.3 is 14.6 Å². The minimum Gasteiger partial charge on any atom is -0.376 e. The second-order valence-electron chi connectivity index (χ2n) is 5.38. The Morgan fingerprint density at radius 1 is 1.47 bits per heavy atom. The molecule has 1 aliphatic heterocycles. The average molecular weight is 267 g/mol. The molecule has 0 saturated carbocycles. The topological polar surface area (TPSA) is 50.5 Å². The van der Waals surface area contributed by atoms with Crippen molar-refractivity contribution in [2.75, 3.05) is 19.7 Å². The van der Waals surface area contributed by atoms with Crippen LogP contribution in [0.2, 0.25) is 0 Å². The quantitative estimate of drug-likeness (QED) is 0.796. The first-order valence-corrected chi connectivity index (χ1v) is 7.20. The van der Waals surface area contributed by atoms with E-state index in [0.29, 0.717) is 12.1 Å². The van der Waals surface area contributed by atoms with Gasteiger partial charge in [-0.15, -0.1) is 0 Å². The van der Waals surface area contributed by atoms with Crippen molar-refractivity contribution in [3.63, 3.8) is 0 Å². The van der Waals surface area contributed by atoms with Crippen LogP contribution < -0.4 is 5.32 Å². The number of hydrogen-bond donors (Lipinski definition) is 1. The number of rotatable bonds is 6. The third-order valence-corrected chi connectivity index (χ3v) is 3.44. The first kappa shape index (κ1) is 14.5. The van der Waals surface area contributed by atoms with E-state index in [9.17, 15) is 0 Å². The van der Waals surface area contributed by atoms with Gasteiger partial charge >= 0.3 is 0 Å². The maximum Gasteiger partial charge on any atom is 0.151 e. The lowest BCUT2D eigenvalue weighted by Gasteiger charge is -2.35. The molecule has 0 bridgehead atoms. The monoisotopic (exact) mass is 267 g/mol. The summed E-state index contributed by atoms with van der Waals surface area (Å²) in [4.78, 5) is 2.39. The van der Waals surface area contributed by atoms with Crippen LogP contribution in [0.5, 0.6) is 0 Å². The van der Waals surface area contributed by atoms with E-state index in [1.165, 1.54) is 0 Å². The molecule has 0 aliphatic carbocycles. The molecule has 1 N–H and O–H groups in total. The fourth-order valence-corrected chi connectivity index (χ4v) is 2.30. The molecule has 0 amide bonds. The number of hydrogen-bond acceptors (Lipinski definition) is 5. The van der Waals surface area contributed by atoms with Gasteiger partial charge in [0.05, 0.1) is 24.9 Å². The first-order chi connectivity index (χ1) is 9.19. The number of aromatic nitrogens is 1. The highest BCUT2D eigenvalue weighted by atomic mass is 16.5. The van der Waals surface area contributed by atoms with Crippen LogP contribution in [0.15, 0.2) is 10.6 Å². The van der Waals surface area contributed by atoms with E-state index >= 15 is 0 Å². The molecule has 2 unspecified atom stereocenters. The van der Waals surface area contributed by atoms with Crippen LogP contribution >= 0.6 is 0 Å². The Bertz CT molecular complexity index is 381. The van der Waals surface area contributed by atoms with Crippen molar-refractivity contribution in [1.29, 1.82) is 0 Å². The lowest BCUT2D eigenvalue weighted by Crippen LogP contribution is -2.46. The molecule has 2 heterocycles. The fraction of sp³-hybridized carbons (Fsp3) is 0.786. The molecular weight excluding hydrogens is 242 g/mol. The Labute approximate surface area is 115 Å². The second-order valence-corrected chi connectivity index (χ2v) is 5.38. The number of ether oxygens (including phenoxy) is 1. The normalized spacial score (nSPS) is 24.8. The first-order valence-electron chi connectivity index (χ1n) is 7.20. The molecule has 5 nitrogen and oxygen atoms in total. The van der Waals surface area contributed by atoms with Gasteiger partial charge in [-0.1, -0.05) is 12.1 Å². The van der Waals surface area contributed by atoms with E-state index in [-0.39, 0.29) is 0 Å². The summed E-state index contributed by atoms with van der Waals surface area (Å²) in [6.07, 6.45) is 1.43. The van der Waals surface area contributed by atoms with Crippen molar-refractivity contribution in [3.05, 3.63) is 17.5 Å². The standard InChI is InChI=1S/C14H25N3O2/c1-4-5-15-7-13-6-14(19-16-13)9-17-8-12(3)18-10-11(17)2/h6,11-12,15H,4-5,7-10H2,1-3H3. The van der Waals surface area contributed by atoms with Gasteiger partial charge in [0.25, 0.3) is 0 Å². The second kappa shape index (κ2) is 7.03. The van der Waals surface area contributed by atoms with Crippen LogP contribution in [0.3, 0.4) is 0 Å². The van der Waals surface area contributed by atoms with Crippen LogP contribution in [-0.4, -0.2) is 41.9 Å². The molecule has 0 spiro atoms. The van der Waals surface area contributed by atoms with E-state index in [2.05, 4.69) is 42.2 Å². The van der Waals surface area contributed by atoms with Crippen molar-refractivity contribution in [1.82, 2.24) is 15.4 Å². The zero-order chi connectivity index (χ0) is 13.7. The maximum atomic E-state index is 5.63. The van der Waals surface area contributed by atoms with Gasteiger partial charge in [0.2, 0.25) is 0 Å². The molecule has 1 saturated heterocycles. The summed E-state index contributed by atoms with van der Waals surface area (Å²) in [7, 11) is 0. The Morgan fingerprint density at radius 3 is 3.11 bits per heavy atom. The van der Waals surface area contributed by atoms with Crippen molar-refractivity contribution in [2.45, 2.75) is 52.4 Å². The van der Waals surface area contributed by atoms with Crippen LogP contribution in [0.1, 0.15) is 38.6 Å². The average Bonchev–Trinajstić information content (AvgIpc) is 2.82. The van der Waals surface area contributed by atoms with Crippen LogP contribution in [0, 0.1) is 0 Å². The Hall–Kier alpha value is -0.910. The molecule has 2 atom stereocenters. The molecule has 108 valence electrons. The molecule has 0 radical (unpaired) electrons. The highest BCUT2D eigenvalue weighted by Crippen LogP contribution is 2.15. The summed E-state index contributed by atoms with van der Waals surface area (Å²) in [5, 5.41) is 7.43. The minimum atomic E-state index is 0.296. The highest BCUT2D eigenvalue weighted by molar-refractivity contribution is 5.05. The molecule has 1 aromatic heterocycles. The van der Waals surface area contributed by atoms with Gasteiger partial charge in [-0.2, -0.15) is 0 Å². The van der Waals surface area contributed by atoms with Crippen molar-refractivity contribution in [3.8, 4) is 0 Å². The maximum absolute atomic E-state index is 5.63. The van der Waals surface area contributed by atoms with Gasteiger partial charge in [0.1, 0.15) is 0 Å². The van der Waals surface area contributed by atoms with Crippen molar-refractivity contribution < 1.29 is 9.26 Å². The number of nitrogens with zero attached hydrogens (tertiary/aromatic N) is 2. The van der Waals surface area contributed by atoms with E-state index in [1.807, 2.05) is 0 Å². The SMILES string of the molecule is CCCNCc1cc(CN2CC(C)OCC2C)on1. The predicted octanol–water partition coefficient (Wildman–Crippen LogP) is 1.78. The van der Waals surface area contributed by atoms with Gasteiger partial charge in [0.15, 0.2) is 5.76 Å². The largest absolute Gasteiger partial charge is 0.376 e. The smallest absolute Gasteiger partial charge is 0.151 e. The van der Waals surface area contributed by atoms with Crippen molar-refractivity contribution >= 4 is 0 Å². The summed E-state index contributed by atoms with van der Waals surface area (Å²) >= 11 is 0. The molecular formula is C14H25N3O2. The summed E-state index contributed by atoms with van der Waals surface area (Å²) in [5.74, 6) is 0.939. The predicted molar refractivity (Wildman–Crippen MR) is 73.8 cm³/mol. The van der Waals surface area contributed by atoms with E-state index in [0.717, 1.165) is 50.7 Å². The minimum absolute atomic E-state index is 0.296. The highest BCUT2D eigenvalue weighted by Gasteiger charge is 2.24. The van der Waals surface area contributed by atoms with Gasteiger partial charge in [-0.3, -0.25) is 4.90 Å². The van der Waals surface area contributed by atoms with E-state index in [4.69, 9.17) is 9.26 Å². The van der Waals surface area contributed by atoms with Crippen LogP contribution in [0.25, 0.3) is 0 Å². The van der Waals surface area contributed by atoms with E-state index in [1.54, 1.807) is 0 Å². The molecule has 5 heteroatoms. The zero-order valence-electron chi connectivity index (χ0n) is 12.2. The molecule has 19 heavy (non-hydrogen) atoms. The molecule has 2 rings (SSSR count). The summed E-state index contributed by atoms with van der Waals surface area (Å²) in [5.41, 5.74) is 0.984. The Morgan fingerprint density at radius 2 is 2.32 bits per heavy atom. The Kier molecular flexibility index (Phi) is 5.36. The summed E-state index contributed by atoms with van der Waals surface area (Å²) < 4.78 is 11.0. The number of nitrogens with one attached hydrogen (secondary N) is 1. The van der Waals surface area contributed by atoms with Gasteiger partial charge in [-0.05, 0) is 26.8 Å². The number of morpholine rings is 1. The van der Waals surface area contributed by atoms with Crippen LogP contribution in [0.4, 0.5) is 0 Å². The van der Waals surface area contributed by atoms with Crippen LogP contribution in [-0.2, 0) is 17.8 Å². The lowest BCUT2D eigenvalue weighted by atomic mass is 10.2. The summed E-state index contributed by atoms with van der Waals surface area (Å²) in [6, 6.07) is 2.48. The van der Waals surface area contributed by atoms with E-state index < -0.39 is 0 Å². The third-order valence-electron chi connectivity index (χ3n) is 3.44. The summed E-state index contributed by atoms with van der Waals surface area (Å²) in [6.45, 7) is 10.8. The van der Waals surface area contributed by atoms with Gasteiger partial charge in [0, 0.05) is 25.2 Å². The van der Waals surface area contributed by atoms with Crippen molar-refractivity contribution in [2.24, 2.45) is 0 Å². The molecule has 1 aliphatic rings. The van der Waals surface area contributed by atoms with Gasteiger partial charge in [-0.25, -0.2) is 0 Å². The molecule has 0 aromatic carbocycles. The fourth-order valence-electron chi connectivity index (χ4n) is 2.30.